The van der Waals surface area contributed by atoms with E-state index < -0.39 is 5.41 Å². The lowest BCUT2D eigenvalue weighted by Crippen LogP contribution is -2.31. The summed E-state index contributed by atoms with van der Waals surface area (Å²) < 4.78 is 12.1. The topological polar surface area (TPSA) is 52.6 Å². The van der Waals surface area contributed by atoms with Crippen LogP contribution in [0.15, 0.2) is 36.1 Å². The van der Waals surface area contributed by atoms with Crippen LogP contribution in [0.5, 0.6) is 0 Å². The van der Waals surface area contributed by atoms with Crippen LogP contribution in [0.3, 0.4) is 0 Å². The Morgan fingerprint density at radius 1 is 0.912 bits per heavy atom. The molecule has 178 valence electrons. The molecule has 2 fully saturated rings. The summed E-state index contributed by atoms with van der Waals surface area (Å²) in [7, 11) is 0. The Balaban J connectivity index is 1.65. The predicted molar refractivity (Wildman–Crippen MR) is 134 cm³/mol. The molecule has 0 unspecified atom stereocenters. The van der Waals surface area contributed by atoms with Gasteiger partial charge in [0.05, 0.1) is 35.0 Å². The molecule has 6 heteroatoms. The Morgan fingerprint density at radius 3 is 2.00 bits per heavy atom. The largest absolute Gasteiger partial charge is 0.429 e. The van der Waals surface area contributed by atoms with Crippen molar-refractivity contribution in [3.05, 3.63) is 62.8 Å². The molecule has 3 aliphatic rings. The minimum Gasteiger partial charge on any atom is -0.429 e. The Morgan fingerprint density at radius 2 is 1.44 bits per heavy atom. The maximum atomic E-state index is 13.8. The van der Waals surface area contributed by atoms with E-state index in [2.05, 4.69) is 0 Å². The van der Waals surface area contributed by atoms with Crippen LogP contribution >= 0.6 is 23.2 Å². The first-order valence-electron chi connectivity index (χ1n) is 11.7. The van der Waals surface area contributed by atoms with Gasteiger partial charge in [-0.2, -0.15) is 0 Å². The van der Waals surface area contributed by atoms with Gasteiger partial charge in [-0.05, 0) is 93.5 Å². The lowest BCUT2D eigenvalue weighted by atomic mass is 9.80. The summed E-state index contributed by atoms with van der Waals surface area (Å²) in [6.45, 7) is 9.44. The van der Waals surface area contributed by atoms with E-state index in [1.54, 1.807) is 6.07 Å². The molecule has 0 aromatic heterocycles. The summed E-state index contributed by atoms with van der Waals surface area (Å²) >= 11 is 12.5. The molecule has 2 heterocycles. The van der Waals surface area contributed by atoms with Crippen LogP contribution in [0.4, 0.5) is 0 Å². The number of Topliss-reactive ketones (excluding diaryl/α,β-unsaturated/α-hetero) is 1. The van der Waals surface area contributed by atoms with Gasteiger partial charge in [-0.15, -0.1) is 0 Å². The third-order valence-electron chi connectivity index (χ3n) is 7.17. The third-order valence-corrected chi connectivity index (χ3v) is 7.60. The van der Waals surface area contributed by atoms with Gasteiger partial charge in [0.25, 0.3) is 0 Å². The van der Waals surface area contributed by atoms with Crippen molar-refractivity contribution in [2.24, 2.45) is 17.3 Å². The van der Waals surface area contributed by atoms with Crippen molar-refractivity contribution in [3.8, 4) is 11.1 Å². The number of hydrogen-bond acceptors (Lipinski definition) is 4. The van der Waals surface area contributed by atoms with Crippen molar-refractivity contribution in [3.63, 3.8) is 0 Å². The molecule has 1 aliphatic carbocycles. The monoisotopic (exact) mass is 498 g/mol. The molecule has 2 aromatic rings. The molecule has 0 N–H and O–H groups in total. The van der Waals surface area contributed by atoms with E-state index in [-0.39, 0.29) is 35.8 Å². The summed E-state index contributed by atoms with van der Waals surface area (Å²) in [5, 5.41) is 1.13. The Hall–Kier alpha value is -2.14. The maximum Gasteiger partial charge on any atom is 0.316 e. The van der Waals surface area contributed by atoms with E-state index >= 15 is 0 Å². The summed E-state index contributed by atoms with van der Waals surface area (Å²) in [6, 6.07) is 9.52. The van der Waals surface area contributed by atoms with Crippen LogP contribution in [0.1, 0.15) is 50.3 Å². The third kappa shape index (κ3) is 3.80. The van der Waals surface area contributed by atoms with Gasteiger partial charge in [-0.3, -0.25) is 9.59 Å². The number of carbonyl (C=O) groups is 2. The van der Waals surface area contributed by atoms with Gasteiger partial charge < -0.3 is 9.47 Å². The van der Waals surface area contributed by atoms with Gasteiger partial charge in [0.1, 0.15) is 5.76 Å². The SMILES string of the molecule is Cc1cc(-c2cc(Cl)cc(Cl)c2)cc(C)c1C1=C(OC(=O)C(C)(C)C)[C@H]2[C@@H](C1=O)[C@@H]1CC[C@H]2O1. The normalized spacial score (nSPS) is 25.8. The fourth-order valence-electron chi connectivity index (χ4n) is 5.66. The number of hydrogen-bond donors (Lipinski definition) is 0. The Kier molecular flexibility index (Phi) is 5.70. The highest BCUT2D eigenvalue weighted by Gasteiger charge is 2.60. The number of rotatable bonds is 3. The fourth-order valence-corrected chi connectivity index (χ4v) is 6.19. The van der Waals surface area contributed by atoms with Crippen molar-refractivity contribution in [2.75, 3.05) is 0 Å². The zero-order valence-electron chi connectivity index (χ0n) is 20.0. The van der Waals surface area contributed by atoms with Crippen LogP contribution < -0.4 is 0 Å². The highest BCUT2D eigenvalue weighted by molar-refractivity contribution is 6.35. The van der Waals surface area contributed by atoms with Crippen LogP contribution in [0.25, 0.3) is 16.7 Å². The second kappa shape index (κ2) is 8.22. The van der Waals surface area contributed by atoms with Crippen molar-refractivity contribution in [2.45, 2.75) is 59.7 Å². The molecule has 0 saturated carbocycles. The Labute approximate surface area is 210 Å². The Bertz CT molecular complexity index is 1210. The highest BCUT2D eigenvalue weighted by atomic mass is 35.5. The van der Waals surface area contributed by atoms with E-state index in [9.17, 15) is 9.59 Å². The molecule has 0 spiro atoms. The minimum absolute atomic E-state index is 0.0265. The minimum atomic E-state index is -0.683. The lowest BCUT2D eigenvalue weighted by molar-refractivity contribution is -0.149. The van der Waals surface area contributed by atoms with Gasteiger partial charge in [0.15, 0.2) is 5.78 Å². The summed E-state index contributed by atoms with van der Waals surface area (Å²) in [5.41, 5.74) is 4.44. The van der Waals surface area contributed by atoms with E-state index in [0.717, 1.165) is 40.7 Å². The number of fused-ring (bicyclic) bond motifs is 5. The molecular weight excluding hydrogens is 471 g/mol. The van der Waals surface area contributed by atoms with Crippen molar-refractivity contribution >= 4 is 40.5 Å². The molecule has 2 aromatic carbocycles. The average Bonchev–Trinajstić information content (AvgIpc) is 3.41. The van der Waals surface area contributed by atoms with Crippen LogP contribution in [0, 0.1) is 31.1 Å². The summed E-state index contributed by atoms with van der Waals surface area (Å²) in [5.74, 6) is -0.290. The number of benzene rings is 2. The molecule has 0 radical (unpaired) electrons. The van der Waals surface area contributed by atoms with E-state index in [1.165, 1.54) is 0 Å². The fraction of sp³-hybridized carbons (Fsp3) is 0.429. The first-order valence-corrected chi connectivity index (χ1v) is 12.5. The quantitative estimate of drug-likeness (QED) is 0.429. The number of esters is 1. The van der Waals surface area contributed by atoms with Crippen LogP contribution in [-0.2, 0) is 19.1 Å². The molecule has 4 nitrogen and oxygen atoms in total. The smallest absolute Gasteiger partial charge is 0.316 e. The average molecular weight is 499 g/mol. The molecule has 2 aliphatic heterocycles. The molecule has 2 saturated heterocycles. The molecule has 0 amide bonds. The van der Waals surface area contributed by atoms with Crippen molar-refractivity contribution in [1.29, 1.82) is 0 Å². The number of ketones is 1. The predicted octanol–water partition coefficient (Wildman–Crippen LogP) is 6.95. The van der Waals surface area contributed by atoms with Crippen LogP contribution in [0.2, 0.25) is 10.0 Å². The van der Waals surface area contributed by atoms with Gasteiger partial charge in [-0.1, -0.05) is 35.3 Å². The first-order chi connectivity index (χ1) is 16.0. The number of allylic oxidation sites excluding steroid dienone is 1. The lowest BCUT2D eigenvalue weighted by Gasteiger charge is -2.24. The van der Waals surface area contributed by atoms with E-state index in [1.807, 2.05) is 58.9 Å². The maximum absolute atomic E-state index is 13.8. The van der Waals surface area contributed by atoms with Gasteiger partial charge in [-0.25, -0.2) is 0 Å². The summed E-state index contributed by atoms with van der Waals surface area (Å²) in [4.78, 5) is 26.7. The zero-order valence-corrected chi connectivity index (χ0v) is 21.5. The standard InChI is InChI=1S/C28H28Cl2O4/c1-13-8-15(16-10-17(29)12-18(30)11-16)9-14(2)21(13)24-25(31)22-19-6-7-20(33-19)23(22)26(24)34-27(32)28(3,4)5/h8-12,19-20,22-23H,6-7H2,1-5H3/t19-,20+,22-,23+/m0/s1. The van der Waals surface area contributed by atoms with Gasteiger partial charge >= 0.3 is 5.97 Å². The molecule has 4 atom stereocenters. The molecule has 5 rings (SSSR count). The van der Waals surface area contributed by atoms with E-state index in [0.29, 0.717) is 21.4 Å². The number of halogens is 2. The van der Waals surface area contributed by atoms with E-state index in [4.69, 9.17) is 32.7 Å². The number of ether oxygens (including phenoxy) is 2. The molecular formula is C28H28Cl2O4. The van der Waals surface area contributed by atoms with Crippen LogP contribution in [-0.4, -0.2) is 24.0 Å². The van der Waals surface area contributed by atoms with Crippen molar-refractivity contribution in [1.82, 2.24) is 0 Å². The zero-order chi connectivity index (χ0) is 24.5. The second-order valence-corrected chi connectivity index (χ2v) is 11.6. The highest BCUT2D eigenvalue weighted by Crippen LogP contribution is 2.55. The summed E-state index contributed by atoms with van der Waals surface area (Å²) in [6.07, 6.45) is 1.58. The molecule has 34 heavy (non-hydrogen) atoms. The van der Waals surface area contributed by atoms with Gasteiger partial charge in [0, 0.05) is 10.0 Å². The van der Waals surface area contributed by atoms with Crippen molar-refractivity contribution < 1.29 is 19.1 Å². The first kappa shape index (κ1) is 23.6. The number of aryl methyl sites for hydroxylation is 2. The number of carbonyl (C=O) groups excluding carboxylic acids is 2. The molecule has 2 bridgehead atoms. The second-order valence-electron chi connectivity index (χ2n) is 10.7. The van der Waals surface area contributed by atoms with Gasteiger partial charge in [0.2, 0.25) is 0 Å².